The third-order valence-electron chi connectivity index (χ3n) is 4.53. The van der Waals surface area contributed by atoms with Gasteiger partial charge in [0.15, 0.2) is 0 Å². The quantitative estimate of drug-likeness (QED) is 0.728. The van der Waals surface area contributed by atoms with Crippen LogP contribution >= 0.6 is 0 Å². The number of rotatable bonds is 7. The van der Waals surface area contributed by atoms with E-state index in [0.29, 0.717) is 12.2 Å². The monoisotopic (exact) mass is 385 g/mol. The lowest BCUT2D eigenvalue weighted by Crippen LogP contribution is -2.40. The van der Waals surface area contributed by atoms with Gasteiger partial charge in [-0.05, 0) is 42.0 Å². The van der Waals surface area contributed by atoms with Gasteiger partial charge in [-0.1, -0.05) is 0 Å². The molecule has 0 aliphatic carbocycles. The topological polar surface area (TPSA) is 84.6 Å². The van der Waals surface area contributed by atoms with Crippen molar-refractivity contribution in [2.45, 2.75) is 12.5 Å². The maximum Gasteiger partial charge on any atom is 0.262 e. The highest BCUT2D eigenvalue weighted by Crippen LogP contribution is 2.33. The minimum atomic E-state index is -0.356. The summed E-state index contributed by atoms with van der Waals surface area (Å²) in [7, 11) is 4.61. The van der Waals surface area contributed by atoms with Crippen molar-refractivity contribution in [1.29, 1.82) is 0 Å². The van der Waals surface area contributed by atoms with E-state index in [0.717, 1.165) is 17.0 Å². The highest BCUT2D eigenvalue weighted by Gasteiger charge is 2.35. The van der Waals surface area contributed by atoms with E-state index < -0.39 is 0 Å². The van der Waals surface area contributed by atoms with Crippen molar-refractivity contribution in [3.05, 3.63) is 54.0 Å². The molecule has 0 bridgehead atoms. The van der Waals surface area contributed by atoms with Crippen LogP contribution in [0.5, 0.6) is 5.75 Å². The summed E-state index contributed by atoms with van der Waals surface area (Å²) in [6, 6.07) is 10.7. The van der Waals surface area contributed by atoms with E-state index in [-0.39, 0.29) is 31.0 Å². The van der Waals surface area contributed by atoms with Crippen LogP contribution in [0.2, 0.25) is 0 Å². The lowest BCUT2D eigenvalue weighted by atomic mass is 10.0. The Labute approximate surface area is 163 Å². The van der Waals surface area contributed by atoms with Crippen LogP contribution in [-0.2, 0) is 14.3 Å². The van der Waals surface area contributed by atoms with Crippen molar-refractivity contribution in [2.75, 3.05) is 34.4 Å². The largest absolute Gasteiger partial charge is 0.497 e. The Morgan fingerprint density at radius 3 is 2.61 bits per heavy atom. The van der Waals surface area contributed by atoms with Gasteiger partial charge < -0.3 is 18.8 Å². The molecule has 0 spiro atoms. The number of nitrogens with zero attached hydrogens (tertiary/aromatic N) is 3. The molecular formula is C20H23N3O5. The fourth-order valence-corrected chi connectivity index (χ4v) is 3.00. The predicted octanol–water partition coefficient (Wildman–Crippen LogP) is 2.07. The molecule has 1 aliphatic heterocycles. The Hall–Kier alpha value is -3.13. The molecule has 0 saturated carbocycles. The van der Waals surface area contributed by atoms with Crippen LogP contribution in [-0.4, -0.2) is 61.9 Å². The third kappa shape index (κ3) is 4.23. The summed E-state index contributed by atoms with van der Waals surface area (Å²) < 4.78 is 15.5. The van der Waals surface area contributed by atoms with Crippen LogP contribution in [0.25, 0.3) is 0 Å². The van der Waals surface area contributed by atoms with E-state index in [1.54, 1.807) is 26.5 Å². The molecule has 2 aromatic rings. The zero-order valence-electron chi connectivity index (χ0n) is 16.1. The number of carbonyl (C=O) groups excluding carboxylic acids is 2. The molecule has 28 heavy (non-hydrogen) atoms. The van der Waals surface area contributed by atoms with Gasteiger partial charge in [0.05, 0.1) is 19.1 Å². The van der Waals surface area contributed by atoms with Crippen LogP contribution in [0.3, 0.4) is 0 Å². The average Bonchev–Trinajstić information content (AvgIpc) is 3.37. The number of ether oxygens (including phenoxy) is 2. The molecule has 1 atom stereocenters. The van der Waals surface area contributed by atoms with Gasteiger partial charge in [0.1, 0.15) is 30.7 Å². The number of likely N-dealkylation sites (N-methyl/N-ethyl adjacent to an activating group) is 1. The maximum absolute atomic E-state index is 12.9. The molecule has 0 radical (unpaired) electrons. The average molecular weight is 385 g/mol. The van der Waals surface area contributed by atoms with Crippen molar-refractivity contribution >= 4 is 17.5 Å². The molecule has 8 heteroatoms. The lowest BCUT2D eigenvalue weighted by molar-refractivity contribution is -0.142. The predicted molar refractivity (Wildman–Crippen MR) is 102 cm³/mol. The first-order valence-electron chi connectivity index (χ1n) is 8.83. The van der Waals surface area contributed by atoms with Gasteiger partial charge in [-0.25, -0.2) is 5.01 Å². The van der Waals surface area contributed by atoms with E-state index in [4.69, 9.17) is 13.9 Å². The molecule has 0 N–H and O–H groups in total. The zero-order chi connectivity index (χ0) is 20.1. The number of furan rings is 1. The minimum absolute atomic E-state index is 0.0776. The molecule has 0 unspecified atom stereocenters. The number of methoxy groups -OCH3 is 2. The van der Waals surface area contributed by atoms with Crippen LogP contribution in [0, 0.1) is 0 Å². The summed E-state index contributed by atoms with van der Waals surface area (Å²) in [6.07, 6.45) is 2.08. The first kappa shape index (κ1) is 19.6. The summed E-state index contributed by atoms with van der Waals surface area (Å²) >= 11 is 0. The molecule has 8 nitrogen and oxygen atoms in total. The van der Waals surface area contributed by atoms with Gasteiger partial charge in [-0.15, -0.1) is 0 Å². The zero-order valence-corrected chi connectivity index (χ0v) is 16.1. The number of carbonyl (C=O) groups is 2. The van der Waals surface area contributed by atoms with E-state index in [2.05, 4.69) is 5.10 Å². The molecule has 148 valence electrons. The normalized spacial score (nSPS) is 16.0. The summed E-state index contributed by atoms with van der Waals surface area (Å²) in [4.78, 5) is 26.1. The van der Waals surface area contributed by atoms with E-state index in [9.17, 15) is 9.59 Å². The van der Waals surface area contributed by atoms with Crippen molar-refractivity contribution in [3.63, 3.8) is 0 Å². The van der Waals surface area contributed by atoms with E-state index >= 15 is 0 Å². The number of hydrogen-bond donors (Lipinski definition) is 0. The fourth-order valence-electron chi connectivity index (χ4n) is 3.00. The summed E-state index contributed by atoms with van der Waals surface area (Å²) in [5.41, 5.74) is 1.67. The third-order valence-corrected chi connectivity index (χ3v) is 4.53. The van der Waals surface area contributed by atoms with Gasteiger partial charge in [0.25, 0.3) is 5.91 Å². The van der Waals surface area contributed by atoms with Crippen LogP contribution in [0.15, 0.2) is 52.2 Å². The van der Waals surface area contributed by atoms with Crippen LogP contribution < -0.4 is 4.74 Å². The van der Waals surface area contributed by atoms with Crippen molar-refractivity contribution in [2.24, 2.45) is 5.10 Å². The van der Waals surface area contributed by atoms with Crippen LogP contribution in [0.4, 0.5) is 0 Å². The molecular weight excluding hydrogens is 362 g/mol. The summed E-state index contributed by atoms with van der Waals surface area (Å²) in [5, 5.41) is 5.94. The highest BCUT2D eigenvalue weighted by atomic mass is 16.5. The molecule has 1 aliphatic rings. The smallest absolute Gasteiger partial charge is 0.262 e. The lowest BCUT2D eigenvalue weighted by Gasteiger charge is -2.23. The molecule has 2 amide bonds. The molecule has 3 rings (SSSR count). The Kier molecular flexibility index (Phi) is 6.10. The first-order valence-corrected chi connectivity index (χ1v) is 8.83. The number of hydrogen-bond acceptors (Lipinski definition) is 6. The van der Waals surface area contributed by atoms with E-state index in [1.165, 1.54) is 17.0 Å². The van der Waals surface area contributed by atoms with Crippen molar-refractivity contribution in [3.8, 4) is 5.75 Å². The SMILES string of the molecule is COCC(=O)N(C)CC(=O)N1N=C(c2ccc(OC)cc2)C[C@@H]1c1ccco1. The Bertz CT molecular complexity index is 845. The molecule has 2 heterocycles. The van der Waals surface area contributed by atoms with Gasteiger partial charge in [0, 0.05) is 20.6 Å². The molecule has 0 fully saturated rings. The molecule has 0 saturated heterocycles. The highest BCUT2D eigenvalue weighted by molar-refractivity contribution is 6.03. The maximum atomic E-state index is 12.9. The van der Waals surface area contributed by atoms with Crippen molar-refractivity contribution in [1.82, 2.24) is 9.91 Å². The molecule has 1 aromatic carbocycles. The second-order valence-corrected chi connectivity index (χ2v) is 6.43. The standard InChI is InChI=1S/C20H23N3O5/c1-22(20(25)13-26-2)12-19(24)23-17(18-5-4-10-28-18)11-16(21-23)14-6-8-15(27-3)9-7-14/h4-10,17H,11-13H2,1-3H3/t17-/m1/s1. The number of benzene rings is 1. The van der Waals surface area contributed by atoms with Gasteiger partial charge in [-0.3, -0.25) is 9.59 Å². The number of hydrazone groups is 1. The summed E-state index contributed by atoms with van der Waals surface area (Å²) in [5.74, 6) is 0.823. The second-order valence-electron chi connectivity index (χ2n) is 6.43. The Balaban J connectivity index is 1.82. The van der Waals surface area contributed by atoms with Gasteiger partial charge in [-0.2, -0.15) is 5.10 Å². The summed E-state index contributed by atoms with van der Waals surface area (Å²) in [6.45, 7) is -0.176. The van der Waals surface area contributed by atoms with E-state index in [1.807, 2.05) is 30.3 Å². The minimum Gasteiger partial charge on any atom is -0.497 e. The van der Waals surface area contributed by atoms with Crippen LogP contribution in [0.1, 0.15) is 23.8 Å². The number of amides is 2. The fraction of sp³-hybridized carbons (Fsp3) is 0.350. The van der Waals surface area contributed by atoms with Gasteiger partial charge >= 0.3 is 0 Å². The Morgan fingerprint density at radius 2 is 2.00 bits per heavy atom. The van der Waals surface area contributed by atoms with Crippen molar-refractivity contribution < 1.29 is 23.5 Å². The second kappa shape index (κ2) is 8.71. The van der Waals surface area contributed by atoms with Gasteiger partial charge in [0.2, 0.25) is 5.91 Å². The first-order chi connectivity index (χ1) is 13.5. The molecule has 1 aromatic heterocycles. The Morgan fingerprint density at radius 1 is 1.25 bits per heavy atom.